The van der Waals surface area contributed by atoms with E-state index in [0.717, 1.165) is 57.8 Å². The Labute approximate surface area is 295 Å². The zero-order valence-electron chi connectivity index (χ0n) is 32.7. The SMILES string of the molecule is COc1c(O)c(C)c(C/C=C(\C)CCCC(C)CC/C=C(\C)CC/C=C(/C)CC/C=C(\C)CC/C=C(\C)CCC=C(C)C)c(O)c1OC. The van der Waals surface area contributed by atoms with Crippen molar-refractivity contribution >= 4 is 0 Å². The van der Waals surface area contributed by atoms with Crippen molar-refractivity contribution in [3.63, 3.8) is 0 Å². The summed E-state index contributed by atoms with van der Waals surface area (Å²) in [5.41, 5.74) is 10.0. The number of methoxy groups -OCH3 is 2. The predicted octanol–water partition coefficient (Wildman–Crippen LogP) is 13.4. The van der Waals surface area contributed by atoms with E-state index in [-0.39, 0.29) is 23.0 Å². The minimum Gasteiger partial charge on any atom is -0.504 e. The van der Waals surface area contributed by atoms with Crippen LogP contribution in [0.3, 0.4) is 0 Å². The van der Waals surface area contributed by atoms with Crippen LogP contribution in [0.15, 0.2) is 69.9 Å². The monoisotopic (exact) mass is 663 g/mol. The molecule has 0 fully saturated rings. The summed E-state index contributed by atoms with van der Waals surface area (Å²) in [6.45, 7) is 19.8. The highest BCUT2D eigenvalue weighted by molar-refractivity contribution is 5.66. The van der Waals surface area contributed by atoms with Crippen molar-refractivity contribution in [3.05, 3.63) is 81.0 Å². The van der Waals surface area contributed by atoms with Gasteiger partial charge >= 0.3 is 0 Å². The second kappa shape index (κ2) is 24.1. The van der Waals surface area contributed by atoms with Crippen LogP contribution >= 0.6 is 0 Å². The Hall–Kier alpha value is -3.14. The van der Waals surface area contributed by atoms with E-state index in [9.17, 15) is 10.2 Å². The van der Waals surface area contributed by atoms with Gasteiger partial charge in [0.2, 0.25) is 11.5 Å². The van der Waals surface area contributed by atoms with Crippen LogP contribution in [0.5, 0.6) is 23.0 Å². The lowest BCUT2D eigenvalue weighted by Gasteiger charge is -2.17. The second-order valence-electron chi connectivity index (χ2n) is 14.3. The van der Waals surface area contributed by atoms with Crippen molar-refractivity contribution < 1.29 is 19.7 Å². The molecule has 0 aliphatic heterocycles. The molecule has 0 radical (unpaired) electrons. The first-order valence-corrected chi connectivity index (χ1v) is 18.4. The van der Waals surface area contributed by atoms with Crippen LogP contribution in [0.2, 0.25) is 0 Å². The molecule has 1 rings (SSSR count). The standard InChI is InChI=1S/C44H70O4/c1-32(2)18-12-19-33(3)20-13-21-34(4)22-14-23-35(5)24-15-25-36(6)26-16-27-37(7)28-17-29-38(8)30-31-40-39(9)41(45)43(47-10)44(48-11)42(40)46/h18,20,22,24,26,30,37,45-46H,12-17,19,21,23,25,27-29,31H2,1-11H3/b33-20+,34-22+,35-24-,36-26+,38-30+. The highest BCUT2D eigenvalue weighted by atomic mass is 16.5. The van der Waals surface area contributed by atoms with Gasteiger partial charge in [0.15, 0.2) is 11.5 Å². The molecule has 0 amide bonds. The number of phenols is 2. The van der Waals surface area contributed by atoms with Gasteiger partial charge in [-0.1, -0.05) is 83.2 Å². The lowest BCUT2D eigenvalue weighted by atomic mass is 9.95. The van der Waals surface area contributed by atoms with Gasteiger partial charge in [-0.3, -0.25) is 0 Å². The molecule has 0 aliphatic carbocycles. The van der Waals surface area contributed by atoms with E-state index < -0.39 is 0 Å². The predicted molar refractivity (Wildman–Crippen MR) is 209 cm³/mol. The topological polar surface area (TPSA) is 58.9 Å². The summed E-state index contributed by atoms with van der Waals surface area (Å²) >= 11 is 0. The Balaban J connectivity index is 2.34. The minimum absolute atomic E-state index is 0.0163. The molecular weight excluding hydrogens is 592 g/mol. The summed E-state index contributed by atoms with van der Waals surface area (Å²) in [6.07, 6.45) is 29.8. The third-order valence-corrected chi connectivity index (χ3v) is 9.40. The number of hydrogen-bond donors (Lipinski definition) is 2. The summed E-state index contributed by atoms with van der Waals surface area (Å²) in [5, 5.41) is 21.2. The van der Waals surface area contributed by atoms with Crippen molar-refractivity contribution in [3.8, 4) is 23.0 Å². The third-order valence-electron chi connectivity index (χ3n) is 9.40. The van der Waals surface area contributed by atoms with Crippen molar-refractivity contribution in [2.24, 2.45) is 5.92 Å². The Morgan fingerprint density at radius 2 is 0.979 bits per heavy atom. The van der Waals surface area contributed by atoms with Crippen LogP contribution in [-0.2, 0) is 6.42 Å². The molecule has 48 heavy (non-hydrogen) atoms. The molecule has 0 bridgehead atoms. The molecule has 4 nitrogen and oxygen atoms in total. The number of hydrogen-bond acceptors (Lipinski definition) is 4. The van der Waals surface area contributed by atoms with Gasteiger partial charge in [-0.15, -0.1) is 0 Å². The Morgan fingerprint density at radius 1 is 0.562 bits per heavy atom. The fourth-order valence-electron chi connectivity index (χ4n) is 5.97. The van der Waals surface area contributed by atoms with Crippen LogP contribution < -0.4 is 9.47 Å². The molecule has 0 saturated heterocycles. The molecule has 0 heterocycles. The normalized spacial score (nSPS) is 13.9. The molecular formula is C44H70O4. The van der Waals surface area contributed by atoms with E-state index in [4.69, 9.17) is 9.47 Å². The number of benzene rings is 1. The largest absolute Gasteiger partial charge is 0.504 e. The Bertz CT molecular complexity index is 1300. The van der Waals surface area contributed by atoms with Crippen LogP contribution in [0.4, 0.5) is 0 Å². The molecule has 1 aromatic rings. The third kappa shape index (κ3) is 17.3. The second-order valence-corrected chi connectivity index (χ2v) is 14.3. The first kappa shape index (κ1) is 42.9. The highest BCUT2D eigenvalue weighted by Gasteiger charge is 2.22. The maximum Gasteiger partial charge on any atom is 0.207 e. The summed E-state index contributed by atoms with van der Waals surface area (Å²) in [7, 11) is 2.92. The zero-order valence-corrected chi connectivity index (χ0v) is 32.7. The average Bonchev–Trinajstić information content (AvgIpc) is 3.02. The molecule has 1 unspecified atom stereocenters. The van der Waals surface area contributed by atoms with Crippen LogP contribution in [0, 0.1) is 12.8 Å². The fraction of sp³-hybridized carbons (Fsp3) is 0.591. The number of ether oxygens (including phenoxy) is 2. The first-order chi connectivity index (χ1) is 22.8. The Morgan fingerprint density at radius 3 is 1.44 bits per heavy atom. The molecule has 1 aromatic carbocycles. The number of phenolic OH excluding ortho intramolecular Hbond substituents is 2. The van der Waals surface area contributed by atoms with Crippen molar-refractivity contribution in [1.82, 2.24) is 0 Å². The lowest BCUT2D eigenvalue weighted by Crippen LogP contribution is -1.98. The molecule has 1 atom stereocenters. The van der Waals surface area contributed by atoms with Crippen LogP contribution in [-0.4, -0.2) is 24.4 Å². The quantitative estimate of drug-likeness (QED) is 0.0904. The summed E-state index contributed by atoms with van der Waals surface area (Å²) < 4.78 is 10.5. The van der Waals surface area contributed by atoms with Crippen molar-refractivity contribution in [2.45, 2.75) is 152 Å². The van der Waals surface area contributed by atoms with Crippen molar-refractivity contribution in [1.29, 1.82) is 0 Å². The minimum atomic E-state index is 0.0163. The summed E-state index contributed by atoms with van der Waals surface area (Å²) in [5.74, 6) is 1.09. The first-order valence-electron chi connectivity index (χ1n) is 18.4. The van der Waals surface area contributed by atoms with E-state index in [1.165, 1.54) is 73.3 Å². The lowest BCUT2D eigenvalue weighted by molar-refractivity contribution is 0.314. The van der Waals surface area contributed by atoms with Gasteiger partial charge in [0.1, 0.15) is 0 Å². The number of allylic oxidation sites excluding steroid dienone is 12. The molecule has 0 aromatic heterocycles. The molecule has 270 valence electrons. The molecule has 0 saturated carbocycles. The molecule has 4 heteroatoms. The van der Waals surface area contributed by atoms with Gasteiger partial charge in [0.25, 0.3) is 0 Å². The zero-order chi connectivity index (χ0) is 36.1. The van der Waals surface area contributed by atoms with Crippen LogP contribution in [0.25, 0.3) is 0 Å². The maximum absolute atomic E-state index is 10.7. The van der Waals surface area contributed by atoms with E-state index in [1.807, 2.05) is 0 Å². The van der Waals surface area contributed by atoms with Gasteiger partial charge in [-0.25, -0.2) is 0 Å². The van der Waals surface area contributed by atoms with E-state index >= 15 is 0 Å². The fourth-order valence-corrected chi connectivity index (χ4v) is 5.97. The van der Waals surface area contributed by atoms with Gasteiger partial charge in [-0.2, -0.15) is 0 Å². The van der Waals surface area contributed by atoms with Gasteiger partial charge < -0.3 is 19.7 Å². The Kier molecular flexibility index (Phi) is 21.5. The summed E-state index contributed by atoms with van der Waals surface area (Å²) in [6, 6.07) is 0. The van der Waals surface area contributed by atoms with Gasteiger partial charge in [-0.05, 0) is 145 Å². The molecule has 2 N–H and O–H groups in total. The van der Waals surface area contributed by atoms with E-state index in [1.54, 1.807) is 6.92 Å². The van der Waals surface area contributed by atoms with E-state index in [2.05, 4.69) is 91.8 Å². The summed E-state index contributed by atoms with van der Waals surface area (Å²) in [4.78, 5) is 0. The molecule has 0 aliphatic rings. The van der Waals surface area contributed by atoms with Crippen molar-refractivity contribution in [2.75, 3.05) is 14.2 Å². The maximum atomic E-state index is 10.7. The van der Waals surface area contributed by atoms with Crippen LogP contribution in [0.1, 0.15) is 150 Å². The van der Waals surface area contributed by atoms with Gasteiger partial charge in [0.05, 0.1) is 14.2 Å². The average molecular weight is 663 g/mol. The van der Waals surface area contributed by atoms with Gasteiger partial charge in [0, 0.05) is 11.1 Å². The smallest absolute Gasteiger partial charge is 0.207 e. The number of aromatic hydroxyl groups is 2. The molecule has 0 spiro atoms. The number of rotatable bonds is 23. The van der Waals surface area contributed by atoms with E-state index in [0.29, 0.717) is 23.5 Å². The highest BCUT2D eigenvalue weighted by Crippen LogP contribution is 2.48.